The van der Waals surface area contributed by atoms with Crippen LogP contribution in [0.15, 0.2) is 47.1 Å². The van der Waals surface area contributed by atoms with Crippen LogP contribution in [0.2, 0.25) is 0 Å². The number of ether oxygens (including phenoxy) is 1. The molecule has 1 aromatic heterocycles. The lowest BCUT2D eigenvalue weighted by Crippen LogP contribution is -2.43. The molecule has 0 spiro atoms. The van der Waals surface area contributed by atoms with Gasteiger partial charge in [-0.15, -0.1) is 0 Å². The van der Waals surface area contributed by atoms with Crippen LogP contribution in [0.5, 0.6) is 0 Å². The lowest BCUT2D eigenvalue weighted by Gasteiger charge is -2.31. The second-order valence-electron chi connectivity index (χ2n) is 7.10. The Morgan fingerprint density at radius 3 is 2.67 bits per heavy atom. The van der Waals surface area contributed by atoms with E-state index in [1.54, 1.807) is 48.4 Å². The number of rotatable bonds is 8. The van der Waals surface area contributed by atoms with Crippen LogP contribution < -0.4 is 10.6 Å². The molecule has 0 saturated carbocycles. The molecule has 1 aromatic carbocycles. The van der Waals surface area contributed by atoms with Gasteiger partial charge in [-0.05, 0) is 50.1 Å². The van der Waals surface area contributed by atoms with Gasteiger partial charge in [-0.1, -0.05) is 6.07 Å². The molecule has 0 aliphatic carbocycles. The van der Waals surface area contributed by atoms with E-state index in [2.05, 4.69) is 10.6 Å². The smallest absolute Gasteiger partial charge is 0.309 e. The Hall–Kier alpha value is -3.29. The van der Waals surface area contributed by atoms with E-state index in [-0.39, 0.29) is 30.2 Å². The van der Waals surface area contributed by atoms with E-state index < -0.39 is 0 Å². The van der Waals surface area contributed by atoms with Gasteiger partial charge in [0.25, 0.3) is 5.91 Å². The summed E-state index contributed by atoms with van der Waals surface area (Å²) in [7, 11) is 0. The molecule has 1 saturated heterocycles. The first-order valence-electron chi connectivity index (χ1n) is 10.2. The minimum absolute atomic E-state index is 0.0371. The van der Waals surface area contributed by atoms with Crippen molar-refractivity contribution in [1.82, 2.24) is 10.2 Å². The average Bonchev–Trinajstić information content (AvgIpc) is 3.30. The van der Waals surface area contributed by atoms with Gasteiger partial charge in [-0.25, -0.2) is 0 Å². The fraction of sp³-hybridized carbons (Fsp3) is 0.409. The number of likely N-dealkylation sites (tertiary alicyclic amines) is 1. The zero-order valence-corrected chi connectivity index (χ0v) is 17.1. The molecule has 2 heterocycles. The van der Waals surface area contributed by atoms with Crippen LogP contribution in [0.3, 0.4) is 0 Å². The summed E-state index contributed by atoms with van der Waals surface area (Å²) < 4.78 is 10.3. The molecule has 1 fully saturated rings. The van der Waals surface area contributed by atoms with Gasteiger partial charge in [0.2, 0.25) is 5.91 Å². The number of anilines is 1. The summed E-state index contributed by atoms with van der Waals surface area (Å²) in [6.45, 7) is 3.69. The molecule has 0 bridgehead atoms. The summed E-state index contributed by atoms with van der Waals surface area (Å²) in [4.78, 5) is 38.4. The second-order valence-corrected chi connectivity index (χ2v) is 7.10. The molecule has 30 heavy (non-hydrogen) atoms. The minimum atomic E-state index is -0.220. The van der Waals surface area contributed by atoms with E-state index in [4.69, 9.17) is 9.15 Å². The molecular formula is C22H27N3O5. The number of nitrogens with one attached hydrogen (secondary N) is 2. The predicted molar refractivity (Wildman–Crippen MR) is 111 cm³/mol. The van der Waals surface area contributed by atoms with Gasteiger partial charge >= 0.3 is 5.97 Å². The highest BCUT2D eigenvalue weighted by Crippen LogP contribution is 2.19. The number of carbonyl (C=O) groups is 3. The third kappa shape index (κ3) is 5.85. The number of benzene rings is 1. The summed E-state index contributed by atoms with van der Waals surface area (Å²) in [5, 5.41) is 5.87. The summed E-state index contributed by atoms with van der Waals surface area (Å²) >= 11 is 0. The Bertz CT molecular complexity index is 857. The van der Waals surface area contributed by atoms with Crippen molar-refractivity contribution in [2.45, 2.75) is 26.3 Å². The number of hydrogen-bond acceptors (Lipinski definition) is 6. The highest BCUT2D eigenvalue weighted by Gasteiger charge is 2.27. The molecule has 0 radical (unpaired) electrons. The van der Waals surface area contributed by atoms with E-state index in [9.17, 15) is 14.4 Å². The number of hydrogen-bond donors (Lipinski definition) is 2. The monoisotopic (exact) mass is 413 g/mol. The van der Waals surface area contributed by atoms with Crippen molar-refractivity contribution in [3.05, 3.63) is 54.0 Å². The van der Waals surface area contributed by atoms with Crippen molar-refractivity contribution in [3.63, 3.8) is 0 Å². The number of carbonyl (C=O) groups excluding carboxylic acids is 3. The molecule has 2 N–H and O–H groups in total. The van der Waals surface area contributed by atoms with Crippen LogP contribution in [0.4, 0.5) is 5.69 Å². The van der Waals surface area contributed by atoms with E-state index in [1.807, 2.05) is 6.07 Å². The maximum atomic E-state index is 12.5. The fourth-order valence-electron chi connectivity index (χ4n) is 3.37. The standard InChI is InChI=1S/C22H27N3O5/c1-2-29-22(28)16-8-10-25(11-9-16)20(26)15-23-18-6-3-5-17(13-18)21(27)24-14-19-7-4-12-30-19/h3-7,12-13,16,23H,2,8-11,14-15H2,1H3,(H,24,27). The molecule has 0 atom stereocenters. The third-order valence-corrected chi connectivity index (χ3v) is 5.04. The van der Waals surface area contributed by atoms with E-state index in [0.717, 1.165) is 0 Å². The Labute approximate surface area is 175 Å². The molecule has 2 aromatic rings. The van der Waals surface area contributed by atoms with Gasteiger partial charge in [0, 0.05) is 24.3 Å². The summed E-state index contributed by atoms with van der Waals surface area (Å²) in [6, 6.07) is 10.5. The molecule has 0 unspecified atom stereocenters. The van der Waals surface area contributed by atoms with Gasteiger partial charge in [-0.2, -0.15) is 0 Å². The topological polar surface area (TPSA) is 101 Å². The Morgan fingerprint density at radius 1 is 1.17 bits per heavy atom. The summed E-state index contributed by atoms with van der Waals surface area (Å²) in [5.41, 5.74) is 1.18. The van der Waals surface area contributed by atoms with Crippen molar-refractivity contribution in [2.24, 2.45) is 5.92 Å². The molecule has 3 rings (SSSR count). The second kappa shape index (κ2) is 10.5. The van der Waals surface area contributed by atoms with Crippen molar-refractivity contribution in [1.29, 1.82) is 0 Å². The van der Waals surface area contributed by atoms with Crippen LogP contribution in [0.1, 0.15) is 35.9 Å². The van der Waals surface area contributed by atoms with Crippen molar-refractivity contribution >= 4 is 23.5 Å². The van der Waals surface area contributed by atoms with Gasteiger partial charge < -0.3 is 24.7 Å². The van der Waals surface area contributed by atoms with Gasteiger partial charge in [-0.3, -0.25) is 14.4 Å². The Kier molecular flexibility index (Phi) is 7.48. The summed E-state index contributed by atoms with van der Waals surface area (Å²) in [5.74, 6) is 0.116. The van der Waals surface area contributed by atoms with E-state index in [1.165, 1.54) is 0 Å². The van der Waals surface area contributed by atoms with E-state index in [0.29, 0.717) is 56.1 Å². The van der Waals surface area contributed by atoms with Gasteiger partial charge in [0.05, 0.1) is 31.9 Å². The maximum Gasteiger partial charge on any atom is 0.309 e. The molecule has 2 amide bonds. The lowest BCUT2D eigenvalue weighted by atomic mass is 9.97. The van der Waals surface area contributed by atoms with Gasteiger partial charge in [0.15, 0.2) is 0 Å². The first kappa shape index (κ1) is 21.4. The quantitative estimate of drug-likeness (QED) is 0.645. The van der Waals surface area contributed by atoms with Crippen LogP contribution in [-0.4, -0.2) is 48.9 Å². The number of amides is 2. The van der Waals surface area contributed by atoms with Crippen LogP contribution in [0, 0.1) is 5.92 Å². The molecular weight excluding hydrogens is 386 g/mol. The highest BCUT2D eigenvalue weighted by atomic mass is 16.5. The normalized spacial score (nSPS) is 14.2. The molecule has 8 nitrogen and oxygen atoms in total. The minimum Gasteiger partial charge on any atom is -0.467 e. The molecule has 8 heteroatoms. The lowest BCUT2D eigenvalue weighted by molar-refractivity contribution is -0.151. The SMILES string of the molecule is CCOC(=O)C1CCN(C(=O)CNc2cccc(C(=O)NCc3ccco3)c2)CC1. The van der Waals surface area contributed by atoms with Crippen molar-refractivity contribution in [3.8, 4) is 0 Å². The zero-order chi connectivity index (χ0) is 21.3. The largest absolute Gasteiger partial charge is 0.467 e. The number of nitrogens with zero attached hydrogens (tertiary/aromatic N) is 1. The first-order chi connectivity index (χ1) is 14.6. The van der Waals surface area contributed by atoms with Crippen LogP contribution in [-0.2, 0) is 20.9 Å². The third-order valence-electron chi connectivity index (χ3n) is 5.04. The van der Waals surface area contributed by atoms with Crippen molar-refractivity contribution < 1.29 is 23.5 Å². The van der Waals surface area contributed by atoms with Crippen LogP contribution >= 0.6 is 0 Å². The number of furan rings is 1. The fourth-order valence-corrected chi connectivity index (χ4v) is 3.37. The number of piperidine rings is 1. The maximum absolute atomic E-state index is 12.5. The van der Waals surface area contributed by atoms with Crippen molar-refractivity contribution in [2.75, 3.05) is 31.6 Å². The molecule has 1 aliphatic rings. The van der Waals surface area contributed by atoms with E-state index >= 15 is 0 Å². The molecule has 1 aliphatic heterocycles. The van der Waals surface area contributed by atoms with Crippen LogP contribution in [0.25, 0.3) is 0 Å². The Morgan fingerprint density at radius 2 is 1.97 bits per heavy atom. The summed E-state index contributed by atoms with van der Waals surface area (Å²) in [6.07, 6.45) is 2.80. The predicted octanol–water partition coefficient (Wildman–Crippen LogP) is 2.42. The van der Waals surface area contributed by atoms with Gasteiger partial charge in [0.1, 0.15) is 5.76 Å². The zero-order valence-electron chi connectivity index (χ0n) is 17.1. The number of esters is 1. The molecule has 160 valence electrons. The highest BCUT2D eigenvalue weighted by molar-refractivity contribution is 5.95. The Balaban J connectivity index is 1.45. The average molecular weight is 413 g/mol. The first-order valence-corrected chi connectivity index (χ1v) is 10.2.